The van der Waals surface area contributed by atoms with Crippen molar-refractivity contribution in [1.82, 2.24) is 24.3 Å². The van der Waals surface area contributed by atoms with Gasteiger partial charge in [-0.1, -0.05) is 41.0 Å². The molecule has 3 aromatic heterocycles. The number of hydrogen-bond acceptors (Lipinski definition) is 5. The van der Waals surface area contributed by atoms with Crippen molar-refractivity contribution in [3.63, 3.8) is 0 Å². The second kappa shape index (κ2) is 8.14. The summed E-state index contributed by atoms with van der Waals surface area (Å²) in [6, 6.07) is 11.8. The third kappa shape index (κ3) is 3.96. The summed E-state index contributed by atoms with van der Waals surface area (Å²) < 4.78 is 47.1. The predicted octanol–water partition coefficient (Wildman–Crippen LogP) is 5.17. The van der Waals surface area contributed by atoms with Crippen molar-refractivity contribution < 1.29 is 17.7 Å². The average molecular weight is 486 g/mol. The molecule has 0 radical (unpaired) electrons. The third-order valence-corrected chi connectivity index (χ3v) is 5.57. The molecule has 5 aromatic rings. The first-order valence-electron chi connectivity index (χ1n) is 10.0. The van der Waals surface area contributed by atoms with Crippen LogP contribution < -0.4 is 5.56 Å². The molecule has 0 aliphatic rings. The number of fused-ring (bicyclic) bond motifs is 1. The van der Waals surface area contributed by atoms with Crippen LogP contribution in [0.1, 0.15) is 11.5 Å². The van der Waals surface area contributed by atoms with E-state index < -0.39 is 11.7 Å². The fourth-order valence-corrected chi connectivity index (χ4v) is 3.81. The number of benzene rings is 2. The molecular formula is C23H15ClF3N5O2. The minimum atomic E-state index is -4.49. The lowest BCUT2D eigenvalue weighted by Gasteiger charge is -2.06. The summed E-state index contributed by atoms with van der Waals surface area (Å²) >= 11 is 5.97. The van der Waals surface area contributed by atoms with Gasteiger partial charge in [-0.25, -0.2) is 4.98 Å². The first kappa shape index (κ1) is 21.9. The Kier molecular flexibility index (Phi) is 5.24. The van der Waals surface area contributed by atoms with Crippen molar-refractivity contribution in [2.45, 2.75) is 12.7 Å². The molecular weight excluding hydrogens is 471 g/mol. The molecule has 3 heterocycles. The Morgan fingerprint density at radius 2 is 1.85 bits per heavy atom. The van der Waals surface area contributed by atoms with Crippen LogP contribution in [-0.2, 0) is 19.8 Å². The molecule has 0 fully saturated rings. The monoisotopic (exact) mass is 485 g/mol. The number of nitrogens with zero attached hydrogens (tertiary/aromatic N) is 5. The standard InChI is InChI=1S/C23H15ClF3N5O2/c1-31-10-17(13-5-7-16(24)8-6-13)19-20(31)22(33)32(12-28-19)11-18-29-21(30-34-18)14-3-2-4-15(9-14)23(25,26)27/h2-10,12H,11H2,1H3. The summed E-state index contributed by atoms with van der Waals surface area (Å²) in [6.07, 6.45) is -1.31. The van der Waals surface area contributed by atoms with Crippen LogP contribution in [0.5, 0.6) is 0 Å². The number of aromatic nitrogens is 5. The first-order chi connectivity index (χ1) is 16.2. The van der Waals surface area contributed by atoms with Gasteiger partial charge in [-0.2, -0.15) is 18.2 Å². The van der Waals surface area contributed by atoms with Crippen LogP contribution in [0, 0.1) is 0 Å². The van der Waals surface area contributed by atoms with Gasteiger partial charge >= 0.3 is 6.18 Å². The summed E-state index contributed by atoms with van der Waals surface area (Å²) in [4.78, 5) is 21.8. The van der Waals surface area contributed by atoms with Gasteiger partial charge in [-0.05, 0) is 29.8 Å². The van der Waals surface area contributed by atoms with Crippen LogP contribution in [0.25, 0.3) is 33.5 Å². The zero-order valence-electron chi connectivity index (χ0n) is 17.5. The van der Waals surface area contributed by atoms with Crippen molar-refractivity contribution in [3.8, 4) is 22.5 Å². The summed E-state index contributed by atoms with van der Waals surface area (Å²) in [5.41, 5.74) is 1.56. The van der Waals surface area contributed by atoms with Gasteiger partial charge in [0.05, 0.1) is 11.9 Å². The van der Waals surface area contributed by atoms with E-state index in [1.54, 1.807) is 23.7 Å². The van der Waals surface area contributed by atoms with Crippen molar-refractivity contribution in [2.24, 2.45) is 7.05 Å². The highest BCUT2D eigenvalue weighted by Gasteiger charge is 2.30. The van der Waals surface area contributed by atoms with E-state index >= 15 is 0 Å². The van der Waals surface area contributed by atoms with E-state index in [4.69, 9.17) is 16.1 Å². The van der Waals surface area contributed by atoms with Gasteiger partial charge in [0, 0.05) is 29.4 Å². The molecule has 7 nitrogen and oxygen atoms in total. The molecule has 0 saturated heterocycles. The van der Waals surface area contributed by atoms with Gasteiger partial charge in [0.15, 0.2) is 0 Å². The fraction of sp³-hybridized carbons (Fsp3) is 0.130. The molecule has 172 valence electrons. The quantitative estimate of drug-likeness (QED) is 0.351. The molecule has 5 rings (SSSR count). The second-order valence-corrected chi connectivity index (χ2v) is 8.06. The van der Waals surface area contributed by atoms with Gasteiger partial charge in [-0.3, -0.25) is 9.36 Å². The third-order valence-electron chi connectivity index (χ3n) is 5.32. The maximum absolute atomic E-state index is 13.2. The second-order valence-electron chi connectivity index (χ2n) is 7.63. The molecule has 0 amide bonds. The van der Waals surface area contributed by atoms with Gasteiger partial charge < -0.3 is 9.09 Å². The molecule has 11 heteroatoms. The van der Waals surface area contributed by atoms with Crippen molar-refractivity contribution in [2.75, 3.05) is 0 Å². The van der Waals surface area contributed by atoms with Gasteiger partial charge in [-0.15, -0.1) is 0 Å². The smallest absolute Gasteiger partial charge is 0.344 e. The van der Waals surface area contributed by atoms with E-state index in [-0.39, 0.29) is 29.4 Å². The van der Waals surface area contributed by atoms with Crippen LogP contribution in [0.15, 0.2) is 70.4 Å². The summed E-state index contributed by atoms with van der Waals surface area (Å²) in [5, 5.41) is 4.36. The number of hydrogen-bond donors (Lipinski definition) is 0. The molecule has 2 aromatic carbocycles. The Labute approximate surface area is 195 Å². The Morgan fingerprint density at radius 1 is 1.09 bits per heavy atom. The largest absolute Gasteiger partial charge is 0.416 e. The molecule has 0 unspecified atom stereocenters. The Bertz CT molecular complexity index is 1570. The van der Waals surface area contributed by atoms with Crippen LogP contribution in [0.2, 0.25) is 5.02 Å². The van der Waals surface area contributed by atoms with E-state index in [0.29, 0.717) is 16.1 Å². The number of alkyl halides is 3. The minimum absolute atomic E-state index is 0.00734. The van der Waals surface area contributed by atoms with E-state index in [1.165, 1.54) is 23.0 Å². The highest BCUT2D eigenvalue weighted by Crippen LogP contribution is 2.31. The van der Waals surface area contributed by atoms with E-state index in [9.17, 15) is 18.0 Å². The highest BCUT2D eigenvalue weighted by molar-refractivity contribution is 6.30. The van der Waals surface area contributed by atoms with Gasteiger partial charge in [0.25, 0.3) is 5.56 Å². The summed E-state index contributed by atoms with van der Waals surface area (Å²) in [6.45, 7) is -0.0881. The lowest BCUT2D eigenvalue weighted by molar-refractivity contribution is -0.137. The molecule has 0 aliphatic heterocycles. The molecule has 0 saturated carbocycles. The van der Waals surface area contributed by atoms with Crippen LogP contribution in [-0.4, -0.2) is 24.3 Å². The van der Waals surface area contributed by atoms with E-state index in [2.05, 4.69) is 15.1 Å². The number of rotatable bonds is 4. The molecule has 0 atom stereocenters. The number of aryl methyl sites for hydroxylation is 1. The van der Waals surface area contributed by atoms with E-state index in [0.717, 1.165) is 23.3 Å². The Morgan fingerprint density at radius 3 is 2.59 bits per heavy atom. The zero-order valence-corrected chi connectivity index (χ0v) is 18.3. The van der Waals surface area contributed by atoms with Crippen molar-refractivity contribution >= 4 is 22.6 Å². The molecule has 0 aliphatic carbocycles. The molecule has 0 bridgehead atoms. The van der Waals surface area contributed by atoms with Crippen LogP contribution in [0.3, 0.4) is 0 Å². The molecule has 0 N–H and O–H groups in total. The Hall–Kier alpha value is -3.92. The molecule has 34 heavy (non-hydrogen) atoms. The number of halogens is 4. The summed E-state index contributed by atoms with van der Waals surface area (Å²) in [7, 11) is 1.74. The van der Waals surface area contributed by atoms with Crippen LogP contribution in [0.4, 0.5) is 13.2 Å². The topological polar surface area (TPSA) is 78.7 Å². The lowest BCUT2D eigenvalue weighted by atomic mass is 10.1. The molecule has 0 spiro atoms. The SMILES string of the molecule is Cn1cc(-c2ccc(Cl)cc2)c2ncn(Cc3nc(-c4cccc(C(F)(F)F)c4)no3)c(=O)c21. The zero-order chi connectivity index (χ0) is 24.0. The predicted molar refractivity (Wildman–Crippen MR) is 119 cm³/mol. The maximum Gasteiger partial charge on any atom is 0.416 e. The highest BCUT2D eigenvalue weighted by atomic mass is 35.5. The average Bonchev–Trinajstić information content (AvgIpc) is 3.41. The lowest BCUT2D eigenvalue weighted by Crippen LogP contribution is -2.22. The van der Waals surface area contributed by atoms with Crippen LogP contribution >= 0.6 is 11.6 Å². The van der Waals surface area contributed by atoms with Crippen molar-refractivity contribution in [3.05, 3.63) is 87.9 Å². The van der Waals surface area contributed by atoms with Gasteiger partial charge in [0.1, 0.15) is 17.6 Å². The van der Waals surface area contributed by atoms with E-state index in [1.807, 2.05) is 18.3 Å². The van der Waals surface area contributed by atoms with Gasteiger partial charge in [0.2, 0.25) is 11.7 Å². The summed E-state index contributed by atoms with van der Waals surface area (Å²) in [5.74, 6) is 0.0508. The fourth-order valence-electron chi connectivity index (χ4n) is 3.68. The Balaban J connectivity index is 1.47. The van der Waals surface area contributed by atoms with Crippen molar-refractivity contribution in [1.29, 1.82) is 0 Å². The maximum atomic E-state index is 13.2. The minimum Gasteiger partial charge on any atom is -0.344 e. The normalized spacial score (nSPS) is 11.9. The first-order valence-corrected chi connectivity index (χ1v) is 10.4.